The third-order valence-corrected chi connectivity index (χ3v) is 18.7. The number of hydrogen-bond donors (Lipinski definition) is 0. The molecule has 30 radical (unpaired) electrons. The Labute approximate surface area is 1380 Å². The van der Waals surface area contributed by atoms with E-state index in [1.165, 1.54) is 60.9 Å². The Morgan fingerprint density at radius 2 is 0.674 bits per heavy atom. The number of rotatable bonds is 0. The fourth-order valence-electron chi connectivity index (χ4n) is 5.39. The molecule has 10 fully saturated rings. The minimum absolute atomic E-state index is 0. The normalized spacial score (nSPS) is 21.9. The van der Waals surface area contributed by atoms with E-state index in [1.54, 1.807) is 18.4 Å². The van der Waals surface area contributed by atoms with Crippen molar-refractivity contribution in [3.8, 4) is 0 Å². The maximum absolute atomic E-state index is 5.22. The smallest absolute Gasteiger partial charge is 0.148 e. The third-order valence-electron chi connectivity index (χ3n) is 9.30. The average molecular weight is 3730 g/mol. The Balaban J connectivity index is -0.0000000171. The van der Waals surface area contributed by atoms with Crippen molar-refractivity contribution in [2.45, 2.75) is 163 Å². The van der Waals surface area contributed by atoms with Crippen LogP contribution in [0.1, 0.15) is 108 Å². The van der Waals surface area contributed by atoms with E-state index in [-0.39, 0.29) is 994 Å². The minimum atomic E-state index is -0.00926. The summed E-state index contributed by atoms with van der Waals surface area (Å²) in [5, 5.41) is 1.83. The predicted octanol–water partition coefficient (Wildman–Crippen LogP) is 13.8. The summed E-state index contributed by atoms with van der Waals surface area (Å²) in [6.07, 6.45) is 24.1. The van der Waals surface area contributed by atoms with Gasteiger partial charge in [-0.15, -0.1) is 34.5 Å². The van der Waals surface area contributed by atoms with Gasteiger partial charge in [0.2, 0.25) is 0 Å². The van der Waals surface area contributed by atoms with E-state index in [1.807, 2.05) is 97.8 Å². The van der Waals surface area contributed by atoms with Crippen LogP contribution in [-0.2, 0) is 1020 Å². The van der Waals surface area contributed by atoms with E-state index in [0.29, 0.717) is 29.7 Å². The summed E-state index contributed by atoms with van der Waals surface area (Å²) in [4.78, 5) is 0. The van der Waals surface area contributed by atoms with Crippen LogP contribution in [-0.4, -0.2) is 136 Å². The van der Waals surface area contributed by atoms with Crippen molar-refractivity contribution < 1.29 is 1020 Å². The van der Waals surface area contributed by atoms with Crippen LogP contribution in [0.15, 0.2) is 0 Å². The Morgan fingerprint density at radius 1 is 0.263 bits per heavy atom. The Morgan fingerprint density at radius 3 is 0.832 bits per heavy atom. The van der Waals surface area contributed by atoms with Gasteiger partial charge in [-0.05, 0) is 65.9 Å². The topological polar surface area (TPSA) is 73.8 Å². The monoisotopic (exact) mass is 3730 g/mol. The summed E-state index contributed by atoms with van der Waals surface area (Å²) in [6, 6.07) is 0. The molecular weight excluding hydrogens is 3640 g/mol. The molecule has 8 nitrogen and oxygen atoms in total. The van der Waals surface area contributed by atoms with Gasteiger partial charge < -0.3 is 93.5 Å². The van der Waals surface area contributed by atoms with E-state index >= 15 is 0 Å². The van der Waals surface area contributed by atoms with Gasteiger partial charge in [0.05, 0.1) is 10.9 Å². The molecule has 0 amide bonds. The summed E-state index contributed by atoms with van der Waals surface area (Å²) in [6.45, 7) is 28.3. The van der Waals surface area contributed by atoms with E-state index < -0.39 is 0 Å². The van der Waals surface area contributed by atoms with Gasteiger partial charge in [-0.1, -0.05) is 72.9 Å². The summed E-state index contributed by atoms with van der Waals surface area (Å²) in [5.74, 6) is 11.8. The van der Waals surface area contributed by atoms with Crippen molar-refractivity contribution >= 4 is 94.1 Å². The van der Waals surface area contributed by atoms with Gasteiger partial charge in [0.25, 0.3) is 0 Å². The second-order valence-corrected chi connectivity index (χ2v) is 27.1. The van der Waals surface area contributed by atoms with Crippen molar-refractivity contribution in [2.24, 2.45) is 0 Å². The molecule has 0 aliphatic carbocycles. The van der Waals surface area contributed by atoms with Crippen LogP contribution in [0.25, 0.3) is 0 Å². The molecule has 46 heteroatoms. The van der Waals surface area contributed by atoms with Gasteiger partial charge in [-0.2, -0.15) is 103 Å². The maximum Gasteiger partial charge on any atom is 0.148 e. The maximum atomic E-state index is 5.22. The molecule has 10 saturated heterocycles. The fourth-order valence-corrected chi connectivity index (χ4v) is 12.5. The molecule has 0 saturated carbocycles. The summed E-state index contributed by atoms with van der Waals surface area (Å²) >= 11 is 15.7. The van der Waals surface area contributed by atoms with Crippen LogP contribution < -0.4 is 0 Å². The van der Waals surface area contributed by atoms with Gasteiger partial charge >= 0.3 is 0 Å². The zero-order chi connectivity index (χ0) is 47.6. The number of ether oxygens (including phenoxy) is 8. The SMILES string of the molecule is CC1CC[CH-]CO1.CC1CC[CH-]CS1.CC1C[CH-]CO1.CC1C[CH-]CS1.CC1OC[CH-]CO1.CC1OC[CH-]CS1.CC1OC[CH-]S1.CC1O[CH-]CO1.CC1SC[CH-]CS1.CC1S[CH-]CS1.[Y].[Y].[Y].[Y].[Y].[Y].[Y].[Y].[Y].[Y].[Y].[Y].[Y].[Y].[Y].[Y].[Y].[Y].[Y].[Y].[Y].[Y].[Y].[Y].[Y].[Y].[Y].[Y].[Y].[Y]. The van der Waals surface area contributed by atoms with Gasteiger partial charge in [-0.3, -0.25) is 18.6 Å². The molecule has 10 aliphatic rings. The number of thioether (sulfide) groups is 8. The molecule has 0 aromatic rings. The molecule has 0 aromatic carbocycles. The molecule has 480 valence electrons. The van der Waals surface area contributed by atoms with Crippen molar-refractivity contribution in [1.29, 1.82) is 0 Å². The van der Waals surface area contributed by atoms with E-state index in [0.717, 1.165) is 71.5 Å². The Bertz CT molecular complexity index is 854. The van der Waals surface area contributed by atoms with Gasteiger partial charge in [0.1, 0.15) is 12.6 Å². The molecular formula is C49H88O8S8Y30-10. The first-order chi connectivity index (χ1) is 31.4. The molecule has 95 heavy (non-hydrogen) atoms. The molecule has 8 unspecified atom stereocenters. The fraction of sp³-hybridized carbons (Fsp3) is 0.796. The summed E-state index contributed by atoms with van der Waals surface area (Å²) in [7, 11) is 0. The molecule has 10 heterocycles. The van der Waals surface area contributed by atoms with Crippen molar-refractivity contribution in [3.63, 3.8) is 0 Å². The second kappa shape index (κ2) is 175. The third kappa shape index (κ3) is 172. The number of hydrogen-bond acceptors (Lipinski definition) is 16. The van der Waals surface area contributed by atoms with Crippen LogP contribution in [0.3, 0.4) is 0 Å². The molecule has 10 aliphatic heterocycles. The Hall–Kier alpha value is 35.6. The van der Waals surface area contributed by atoms with Crippen molar-refractivity contribution in [2.75, 3.05) is 80.8 Å². The van der Waals surface area contributed by atoms with Crippen LogP contribution in [0.2, 0.25) is 0 Å². The molecule has 10 rings (SSSR count). The zero-order valence-corrected chi connectivity index (χ0v) is 151. The van der Waals surface area contributed by atoms with Gasteiger partial charge in [0, 0.05) is 1000 Å². The predicted molar refractivity (Wildman–Crippen MR) is 298 cm³/mol. The van der Waals surface area contributed by atoms with Crippen LogP contribution in [0, 0.1) is 63.1 Å². The van der Waals surface area contributed by atoms with Crippen LogP contribution in [0.5, 0.6) is 0 Å². The van der Waals surface area contributed by atoms with Crippen LogP contribution >= 0.6 is 94.1 Å². The minimum Gasteiger partial charge on any atom is -0.528 e. The summed E-state index contributed by atoms with van der Waals surface area (Å²) < 4.78 is 41.9. The standard InChI is InChI=1S/C6H11O.C6H11S.C5H9O2.C5H9OS.C5H9O.C5H9S2.C5H9S.C4H7O2.C4H7OS.C4H7S2.30Y/c2*1-6-4-2-3-5-7-6;2*1-5-6-3-2-4-7-5;1-5-3-2-4-6-5;1-5-6-3-2-4-7-5;1-5-3-2-4-6-5;3*1-4-5-2-3-6-4;;;;;;;;;;;;;;;;;;;;;;;;;;;;;;/h2*3,6H,2,4-5H2,1H3;2*2,5H,3-4H2,1H3;2,5H,3-4H2,1H3;2,5H,3-4H2,1H3;2,5H,3-4H2,1H3;2,4H,3H2,1H3;3-4H,2H2,1H3;2,4H,3H2,1H3;;;;;;;;;;;;;;;;;;;;;;;;;;;;;;/q10*-1;;;;;;;;;;;;;;;;;;;;;;;;;;;;;;. The zero-order valence-electron chi connectivity index (χ0n) is 58.8. The second-order valence-electron chi connectivity index (χ2n) is 15.5. The first kappa shape index (κ1) is 217. The van der Waals surface area contributed by atoms with E-state index in [9.17, 15) is 0 Å². The molecule has 0 bridgehead atoms. The first-order valence-electron chi connectivity index (χ1n) is 23.6. The molecule has 0 aromatic heterocycles. The van der Waals surface area contributed by atoms with Gasteiger partial charge in [-0.25, -0.2) is 5.75 Å². The van der Waals surface area contributed by atoms with E-state index in [4.69, 9.17) is 37.9 Å². The van der Waals surface area contributed by atoms with Crippen LogP contribution in [0.4, 0.5) is 0 Å². The van der Waals surface area contributed by atoms with Crippen molar-refractivity contribution in [3.05, 3.63) is 63.1 Å². The van der Waals surface area contributed by atoms with E-state index in [2.05, 4.69) is 110 Å². The average Bonchev–Trinajstić information content (AvgIpc) is 4.20. The quantitative estimate of drug-likeness (QED) is 0.216. The molecule has 0 spiro atoms. The van der Waals surface area contributed by atoms with Crippen molar-refractivity contribution in [1.82, 2.24) is 0 Å². The largest absolute Gasteiger partial charge is 0.528 e. The Kier molecular flexibility index (Phi) is 400. The first-order valence-corrected chi connectivity index (χ1v) is 31.8. The molecule has 8 atom stereocenters. The molecule has 0 N–H and O–H groups in total. The summed E-state index contributed by atoms with van der Waals surface area (Å²) in [5.41, 5.74) is 0.829. The van der Waals surface area contributed by atoms with Gasteiger partial charge in [0.15, 0.2) is 0 Å².